The molecule has 0 fully saturated rings. The van der Waals surface area contributed by atoms with Gasteiger partial charge in [0.05, 0.1) is 6.61 Å². The van der Waals surface area contributed by atoms with Crippen molar-refractivity contribution < 1.29 is 18.7 Å². The molecule has 0 N–H and O–H groups in total. The van der Waals surface area contributed by atoms with Crippen LogP contribution >= 0.6 is 7.60 Å². The van der Waals surface area contributed by atoms with Gasteiger partial charge in [-0.05, 0) is 18.1 Å². The minimum atomic E-state index is -3.88. The van der Waals surface area contributed by atoms with E-state index in [1.165, 1.54) is 10.9 Å². The van der Waals surface area contributed by atoms with Gasteiger partial charge >= 0.3 is 0 Å². The Labute approximate surface area is 110 Å². The summed E-state index contributed by atoms with van der Waals surface area (Å²) < 4.78 is 17.4. The molecule has 0 amide bonds. The lowest BCUT2D eigenvalue weighted by Crippen LogP contribution is -2.39. The number of rotatable bonds is 5. The van der Waals surface area contributed by atoms with Gasteiger partial charge in [-0.3, -0.25) is 0 Å². The number of hydrogen-bond donors (Lipinski definition) is 0. The minimum Gasteiger partial charge on any atom is -0.774 e. The largest absolute Gasteiger partial charge is 0.774 e. The number of hydrogen-bond acceptors (Lipinski definition) is 6. The van der Waals surface area contributed by atoms with Crippen LogP contribution in [0.25, 0.3) is 11.4 Å². The zero-order chi connectivity index (χ0) is 13.7. The molecular weight excluding hydrogens is 267 g/mol. The van der Waals surface area contributed by atoms with Crippen molar-refractivity contribution in [1.29, 1.82) is 0 Å². The van der Waals surface area contributed by atoms with Crippen molar-refractivity contribution in [1.82, 2.24) is 15.1 Å². The Hall–Kier alpha value is -1.69. The van der Waals surface area contributed by atoms with Gasteiger partial charge in [-0.15, -0.1) is 0 Å². The molecule has 0 aliphatic heterocycles. The Bertz CT molecular complexity index is 576. The van der Waals surface area contributed by atoms with Gasteiger partial charge in [0, 0.05) is 24.0 Å². The Kier molecular flexibility index (Phi) is 4.31. The monoisotopic (exact) mass is 280 g/mol. The second-order valence-corrected chi connectivity index (χ2v) is 5.46. The first-order valence-corrected chi connectivity index (χ1v) is 7.41. The lowest BCUT2D eigenvalue weighted by Gasteiger charge is -2.17. The fourth-order valence-corrected chi connectivity index (χ4v) is 2.46. The van der Waals surface area contributed by atoms with E-state index in [-0.39, 0.29) is 12.9 Å². The molecule has 7 nitrogen and oxygen atoms in total. The summed E-state index contributed by atoms with van der Waals surface area (Å²) in [5.41, 5.74) is 0.717. The van der Waals surface area contributed by atoms with E-state index < -0.39 is 7.60 Å². The van der Waals surface area contributed by atoms with Crippen LogP contribution in [0.3, 0.4) is 0 Å². The van der Waals surface area contributed by atoms with Gasteiger partial charge in [-0.1, -0.05) is 4.68 Å². The van der Waals surface area contributed by atoms with E-state index in [0.717, 1.165) is 0 Å². The maximum absolute atomic E-state index is 11.5. The molecule has 0 bridgehead atoms. The molecule has 0 saturated carbocycles. The molecule has 0 aliphatic carbocycles. The van der Waals surface area contributed by atoms with Crippen molar-refractivity contribution in [2.45, 2.75) is 13.2 Å². The summed E-state index contributed by atoms with van der Waals surface area (Å²) in [7, 11) is -3.88. The third-order valence-corrected chi connectivity index (χ3v) is 3.53. The van der Waals surface area contributed by atoms with Crippen molar-refractivity contribution in [2.75, 3.05) is 6.61 Å². The lowest BCUT2D eigenvalue weighted by atomic mass is 10.3. The first kappa shape index (κ1) is 13.7. The maximum atomic E-state index is 11.5. The Morgan fingerprint density at radius 3 is 2.74 bits per heavy atom. The van der Waals surface area contributed by atoms with Crippen LogP contribution in [-0.2, 0) is 15.4 Å². The van der Waals surface area contributed by atoms with Crippen LogP contribution in [0.4, 0.5) is 0 Å². The third kappa shape index (κ3) is 3.89. The number of nitrogens with zero attached hydrogens (tertiary/aromatic N) is 4. The highest BCUT2D eigenvalue weighted by Crippen LogP contribution is 2.35. The second kappa shape index (κ2) is 5.97. The molecule has 100 valence electrons. The second-order valence-electron chi connectivity index (χ2n) is 3.70. The molecule has 2 aromatic rings. The standard InChI is InChI=1S/C11H13N4O3P/c1-2-18-19(16,17)9-15-7-4-10(8-14-15)11-12-5-3-6-13-11/h3-8H,2,9H2,1H3. The minimum absolute atomic E-state index is 0.122. The Morgan fingerprint density at radius 2 is 2.16 bits per heavy atom. The van der Waals surface area contributed by atoms with Gasteiger partial charge in [0.2, 0.25) is 13.9 Å². The van der Waals surface area contributed by atoms with Gasteiger partial charge in [-0.2, -0.15) is 0 Å². The summed E-state index contributed by atoms with van der Waals surface area (Å²) in [5.74, 6) is 0.539. The zero-order valence-electron chi connectivity index (χ0n) is 10.3. The Morgan fingerprint density at radius 1 is 1.42 bits per heavy atom. The first-order valence-electron chi connectivity index (χ1n) is 5.68. The lowest BCUT2D eigenvalue weighted by molar-refractivity contribution is -0.740. The van der Waals surface area contributed by atoms with E-state index in [1.807, 2.05) is 0 Å². The zero-order valence-corrected chi connectivity index (χ0v) is 11.2. The van der Waals surface area contributed by atoms with Crippen molar-refractivity contribution >= 4 is 7.60 Å². The average Bonchev–Trinajstić information content (AvgIpc) is 2.40. The smallest absolute Gasteiger partial charge is 0.236 e. The van der Waals surface area contributed by atoms with Gasteiger partial charge in [0.1, 0.15) is 6.20 Å². The molecule has 19 heavy (non-hydrogen) atoms. The van der Waals surface area contributed by atoms with Crippen molar-refractivity contribution in [3.05, 3.63) is 36.9 Å². The maximum Gasteiger partial charge on any atom is 0.236 e. The van der Waals surface area contributed by atoms with E-state index in [2.05, 4.69) is 19.6 Å². The van der Waals surface area contributed by atoms with Gasteiger partial charge in [0.15, 0.2) is 12.0 Å². The molecule has 0 aliphatic rings. The highest BCUT2D eigenvalue weighted by Gasteiger charge is 2.16. The summed E-state index contributed by atoms with van der Waals surface area (Å²) in [4.78, 5) is 19.6. The van der Waals surface area contributed by atoms with E-state index in [1.54, 1.807) is 37.6 Å². The van der Waals surface area contributed by atoms with Gasteiger partial charge in [0.25, 0.3) is 0 Å². The summed E-state index contributed by atoms with van der Waals surface area (Å²) in [6.07, 6.45) is 6.03. The molecule has 0 saturated heterocycles. The molecule has 1 atom stereocenters. The average molecular weight is 280 g/mol. The third-order valence-electron chi connectivity index (χ3n) is 2.24. The van der Waals surface area contributed by atoms with Crippen LogP contribution in [0, 0.1) is 0 Å². The van der Waals surface area contributed by atoms with Gasteiger partial charge < -0.3 is 14.0 Å². The fourth-order valence-electron chi connectivity index (χ4n) is 1.46. The molecule has 2 rings (SSSR count). The van der Waals surface area contributed by atoms with Crippen LogP contribution in [-0.4, -0.2) is 21.7 Å². The molecule has 8 heteroatoms. The van der Waals surface area contributed by atoms with Crippen LogP contribution in [0.5, 0.6) is 0 Å². The molecular formula is C11H13N4O3P. The van der Waals surface area contributed by atoms with Crippen LogP contribution in [0.15, 0.2) is 36.9 Å². The first-order chi connectivity index (χ1) is 9.11. The molecule has 1 unspecified atom stereocenters. The predicted octanol–water partition coefficient (Wildman–Crippen LogP) is 0.373. The van der Waals surface area contributed by atoms with Crippen LogP contribution < -0.4 is 9.58 Å². The molecule has 2 heterocycles. The Balaban J connectivity index is 2.13. The van der Waals surface area contributed by atoms with Crippen LogP contribution in [0.2, 0.25) is 0 Å². The SMILES string of the molecule is CCOP(=O)([O-])C[n+]1ccc(-c2ncccn2)cn1. The molecule has 2 aromatic heterocycles. The molecule has 0 spiro atoms. The quantitative estimate of drug-likeness (QED) is 0.580. The predicted molar refractivity (Wildman–Crippen MR) is 64.7 cm³/mol. The van der Waals surface area contributed by atoms with E-state index in [4.69, 9.17) is 0 Å². The van der Waals surface area contributed by atoms with Crippen LogP contribution in [0.1, 0.15) is 6.92 Å². The van der Waals surface area contributed by atoms with E-state index in [0.29, 0.717) is 11.4 Å². The summed E-state index contributed by atoms with van der Waals surface area (Å²) >= 11 is 0. The van der Waals surface area contributed by atoms with Gasteiger partial charge in [-0.25, -0.2) is 9.97 Å². The van der Waals surface area contributed by atoms with E-state index >= 15 is 0 Å². The summed E-state index contributed by atoms with van der Waals surface area (Å²) in [6.45, 7) is 1.75. The topological polar surface area (TPSA) is 91.9 Å². The highest BCUT2D eigenvalue weighted by atomic mass is 31.2. The normalized spacial score (nSPS) is 14.0. The van der Waals surface area contributed by atoms with Crippen molar-refractivity contribution in [3.63, 3.8) is 0 Å². The van der Waals surface area contributed by atoms with Crippen molar-refractivity contribution in [3.8, 4) is 11.4 Å². The van der Waals surface area contributed by atoms with Crippen molar-refractivity contribution in [2.24, 2.45) is 0 Å². The summed E-state index contributed by atoms with van der Waals surface area (Å²) in [6, 6.07) is 3.42. The fraction of sp³-hybridized carbons (Fsp3) is 0.273. The van der Waals surface area contributed by atoms with E-state index in [9.17, 15) is 9.46 Å². The molecule has 0 radical (unpaired) electrons. The highest BCUT2D eigenvalue weighted by molar-refractivity contribution is 7.49. The summed E-state index contributed by atoms with van der Waals surface area (Å²) in [5, 5.41) is 4.01. The molecule has 0 aromatic carbocycles. The number of aromatic nitrogens is 4.